The fraction of sp³-hybridized carbons (Fsp3) is 0.900. The molecule has 22 heavy (non-hydrogen) atoms. The Kier molecular flexibility index (Phi) is 24.9. The van der Waals surface area contributed by atoms with E-state index in [-0.39, 0.29) is 5.06 Å². The quantitative estimate of drug-likeness (QED) is 0.235. The van der Waals surface area contributed by atoms with Gasteiger partial charge in [0, 0.05) is 0 Å². The van der Waals surface area contributed by atoms with Gasteiger partial charge in [-0.3, -0.25) is 0 Å². The molecule has 134 valence electrons. The van der Waals surface area contributed by atoms with Crippen LogP contribution in [0.4, 0.5) is 0 Å². The van der Waals surface area contributed by atoms with Gasteiger partial charge in [-0.1, -0.05) is 96.5 Å². The summed E-state index contributed by atoms with van der Waals surface area (Å²) in [6, 6.07) is 0. The van der Waals surface area contributed by atoms with E-state index in [1.807, 2.05) is 6.08 Å². The van der Waals surface area contributed by atoms with E-state index < -0.39 is 0 Å². The summed E-state index contributed by atoms with van der Waals surface area (Å²) in [6.45, 7) is 6.05. The van der Waals surface area contributed by atoms with Gasteiger partial charge in [-0.05, 0) is 12.8 Å². The van der Waals surface area contributed by atoms with Crippen LogP contribution in [0.2, 0.25) is 0 Å². The fourth-order valence-corrected chi connectivity index (χ4v) is 2.48. The van der Waals surface area contributed by atoms with E-state index in [0.717, 1.165) is 0 Å². The van der Waals surface area contributed by atoms with Gasteiger partial charge in [0.2, 0.25) is 0 Å². The number of quaternary nitrogens is 1. The third-order valence-electron chi connectivity index (χ3n) is 3.76. The molecule has 0 aliphatic heterocycles. The maximum atomic E-state index is 9.44. The summed E-state index contributed by atoms with van der Waals surface area (Å²) in [5.74, 6) is 0. The molecule has 0 bridgehead atoms. The smallest absolute Gasteiger partial charge is 0.0660 e. The molecule has 0 unspecified atom stereocenters. The van der Waals surface area contributed by atoms with E-state index in [0.29, 0.717) is 0 Å². The van der Waals surface area contributed by atoms with Crippen molar-refractivity contribution in [2.75, 3.05) is 14.1 Å². The predicted octanol–water partition coefficient (Wildman–Crippen LogP) is 5.67. The van der Waals surface area contributed by atoms with Crippen molar-refractivity contribution in [1.82, 2.24) is 0 Å². The molecule has 0 aromatic rings. The number of allylic oxidation sites excluding steroid dienone is 1. The molecule has 0 aromatic carbocycles. The maximum absolute atomic E-state index is 9.44. The summed E-state index contributed by atoms with van der Waals surface area (Å²) >= 11 is 0. The van der Waals surface area contributed by atoms with Crippen molar-refractivity contribution in [2.45, 2.75) is 103 Å². The lowest BCUT2D eigenvalue weighted by molar-refractivity contribution is -0.802. The first-order valence-electron chi connectivity index (χ1n) is 9.73. The van der Waals surface area contributed by atoms with Crippen LogP contribution in [0.25, 0.3) is 0 Å². The highest BCUT2D eigenvalue weighted by molar-refractivity contribution is 4.65. The normalized spacial score (nSPS) is 10.4. The van der Waals surface area contributed by atoms with E-state index in [4.69, 9.17) is 0 Å². The van der Waals surface area contributed by atoms with Crippen LogP contribution in [-0.2, 0) is 0 Å². The van der Waals surface area contributed by atoms with Gasteiger partial charge >= 0.3 is 0 Å². The molecule has 0 aromatic heterocycles. The minimum atomic E-state index is 0.167. The van der Waals surface area contributed by atoms with Crippen LogP contribution in [0.1, 0.15) is 103 Å². The first-order chi connectivity index (χ1) is 10.6. The van der Waals surface area contributed by atoms with Crippen LogP contribution in [0.15, 0.2) is 12.7 Å². The standard InChI is InChI=1S/C18H36.C2H7NO/c1-3-5-7-9-11-13-15-17-18-16-14-12-10-8-6-4-2;1-3(2)4/h3H,1,4-18H2,2H3;3H,1-2H3. The number of nitrogens with one attached hydrogen (secondary N) is 1. The van der Waals surface area contributed by atoms with Crippen LogP contribution in [0, 0.1) is 5.21 Å². The average Bonchev–Trinajstić information content (AvgIpc) is 2.47. The minimum Gasteiger partial charge on any atom is -0.635 e. The van der Waals surface area contributed by atoms with E-state index in [2.05, 4.69) is 13.5 Å². The molecule has 0 aliphatic rings. The molecule has 0 radical (unpaired) electrons. The van der Waals surface area contributed by atoms with Gasteiger partial charge in [-0.15, -0.1) is 6.58 Å². The van der Waals surface area contributed by atoms with Gasteiger partial charge < -0.3 is 10.3 Å². The molecular weight excluding hydrogens is 270 g/mol. The Morgan fingerprint density at radius 3 is 1.23 bits per heavy atom. The maximum Gasteiger partial charge on any atom is 0.0660 e. The topological polar surface area (TPSA) is 27.5 Å². The van der Waals surface area contributed by atoms with Crippen LogP contribution >= 0.6 is 0 Å². The molecule has 0 rings (SSSR count). The molecule has 0 heterocycles. The number of hydrogen-bond acceptors (Lipinski definition) is 1. The highest BCUT2D eigenvalue weighted by Crippen LogP contribution is 2.13. The highest BCUT2D eigenvalue weighted by atomic mass is 16.5. The van der Waals surface area contributed by atoms with Crippen molar-refractivity contribution in [3.8, 4) is 0 Å². The number of hydroxylamine groups is 2. The Balaban J connectivity index is 0. The van der Waals surface area contributed by atoms with E-state index in [9.17, 15) is 5.21 Å². The molecule has 0 fully saturated rings. The van der Waals surface area contributed by atoms with Gasteiger partial charge in [-0.2, -0.15) is 0 Å². The fourth-order valence-electron chi connectivity index (χ4n) is 2.48. The van der Waals surface area contributed by atoms with Crippen molar-refractivity contribution in [3.63, 3.8) is 0 Å². The van der Waals surface area contributed by atoms with Crippen molar-refractivity contribution in [2.24, 2.45) is 0 Å². The molecule has 2 heteroatoms. The molecule has 0 spiro atoms. The van der Waals surface area contributed by atoms with Gasteiger partial charge in [0.25, 0.3) is 0 Å². The Hall–Kier alpha value is -0.340. The Labute approximate surface area is 140 Å². The first kappa shape index (κ1) is 23.9. The SMILES string of the molecule is C=CCCCCCCCCCCCCCCCC.C[NH+](C)[O-]. The lowest BCUT2D eigenvalue weighted by atomic mass is 10.0. The Bertz CT molecular complexity index is 189. The molecule has 0 atom stereocenters. The second kappa shape index (κ2) is 22.9. The zero-order valence-corrected chi connectivity index (χ0v) is 15.8. The van der Waals surface area contributed by atoms with Crippen molar-refractivity contribution >= 4 is 0 Å². The largest absolute Gasteiger partial charge is 0.635 e. The van der Waals surface area contributed by atoms with Gasteiger partial charge in [0.15, 0.2) is 0 Å². The van der Waals surface area contributed by atoms with Gasteiger partial charge in [-0.25, -0.2) is 0 Å². The summed E-state index contributed by atoms with van der Waals surface area (Å²) in [5.41, 5.74) is 0. The molecule has 0 aliphatic carbocycles. The second-order valence-electron chi connectivity index (χ2n) is 6.58. The predicted molar refractivity (Wildman–Crippen MR) is 101 cm³/mol. The van der Waals surface area contributed by atoms with Crippen LogP contribution < -0.4 is 5.06 Å². The number of hydrogen-bond donors (Lipinski definition) is 1. The summed E-state index contributed by atoms with van der Waals surface area (Å²) in [4.78, 5) is 0. The van der Waals surface area contributed by atoms with Gasteiger partial charge in [0.1, 0.15) is 0 Å². The lowest BCUT2D eigenvalue weighted by Crippen LogP contribution is -3.00. The van der Waals surface area contributed by atoms with Gasteiger partial charge in [0.05, 0.1) is 14.1 Å². The molecular formula is C20H43NO. The highest BCUT2D eigenvalue weighted by Gasteiger charge is 1.93. The van der Waals surface area contributed by atoms with E-state index in [1.54, 1.807) is 0 Å². The van der Waals surface area contributed by atoms with E-state index >= 15 is 0 Å². The third-order valence-corrected chi connectivity index (χ3v) is 3.76. The summed E-state index contributed by atoms with van der Waals surface area (Å²) < 4.78 is 0. The Morgan fingerprint density at radius 1 is 0.682 bits per heavy atom. The van der Waals surface area contributed by atoms with Crippen molar-refractivity contribution in [3.05, 3.63) is 17.9 Å². The van der Waals surface area contributed by atoms with E-state index in [1.165, 1.54) is 110 Å². The molecule has 2 nitrogen and oxygen atoms in total. The minimum absolute atomic E-state index is 0.167. The van der Waals surface area contributed by atoms with Crippen LogP contribution in [-0.4, -0.2) is 14.1 Å². The third kappa shape index (κ3) is 31.9. The van der Waals surface area contributed by atoms with Crippen LogP contribution in [0.3, 0.4) is 0 Å². The Morgan fingerprint density at radius 2 is 0.955 bits per heavy atom. The zero-order chi connectivity index (χ0) is 16.9. The van der Waals surface area contributed by atoms with Crippen LogP contribution in [0.5, 0.6) is 0 Å². The lowest BCUT2D eigenvalue weighted by Gasteiger charge is -2.04. The zero-order valence-electron chi connectivity index (χ0n) is 15.8. The summed E-state index contributed by atoms with van der Waals surface area (Å²) in [7, 11) is 3.06. The molecule has 0 amide bonds. The first-order valence-corrected chi connectivity index (χ1v) is 9.73. The number of rotatable bonds is 15. The molecule has 0 saturated heterocycles. The van der Waals surface area contributed by atoms with Crippen molar-refractivity contribution < 1.29 is 5.06 Å². The number of unbranched alkanes of at least 4 members (excludes halogenated alkanes) is 14. The monoisotopic (exact) mass is 313 g/mol. The molecule has 0 saturated carbocycles. The average molecular weight is 314 g/mol. The second-order valence-corrected chi connectivity index (χ2v) is 6.58. The summed E-state index contributed by atoms with van der Waals surface area (Å²) in [6.07, 6.45) is 23.5. The van der Waals surface area contributed by atoms with Crippen molar-refractivity contribution in [1.29, 1.82) is 0 Å². The summed E-state index contributed by atoms with van der Waals surface area (Å²) in [5, 5.41) is 9.61. The molecule has 1 N–H and O–H groups in total.